The first-order chi connectivity index (χ1) is 14.0. The second kappa shape index (κ2) is 9.30. The number of methoxy groups -OCH3 is 3. The van der Waals surface area contributed by atoms with Crippen LogP contribution in [0.15, 0.2) is 30.3 Å². The molecule has 2 aromatic heterocycles. The number of urea groups is 1. The molecular weight excluding hydrogens is 381 g/mol. The van der Waals surface area contributed by atoms with E-state index < -0.39 is 12.1 Å². The number of ether oxygens (including phenoxy) is 3. The summed E-state index contributed by atoms with van der Waals surface area (Å²) in [6, 6.07) is 6.54. The summed E-state index contributed by atoms with van der Waals surface area (Å²) in [7, 11) is 4.58. The van der Waals surface area contributed by atoms with Crippen LogP contribution < -0.4 is 15.4 Å². The van der Waals surface area contributed by atoms with E-state index in [1.807, 2.05) is 0 Å². The number of carbonyl (C=O) groups excluding carboxylic acids is 1. The van der Waals surface area contributed by atoms with E-state index in [1.54, 1.807) is 25.3 Å². The van der Waals surface area contributed by atoms with E-state index in [0.717, 1.165) is 0 Å². The van der Waals surface area contributed by atoms with Crippen LogP contribution in [0.25, 0.3) is 10.9 Å². The molecule has 0 saturated carbocycles. The lowest BCUT2D eigenvalue weighted by atomic mass is 10.1. The molecule has 1 aromatic carbocycles. The fourth-order valence-electron chi connectivity index (χ4n) is 2.94. The maximum atomic E-state index is 13.2. The maximum Gasteiger partial charge on any atom is 0.320 e. The first-order valence-electron chi connectivity index (χ1n) is 8.78. The molecule has 10 heteroatoms. The normalized spacial score (nSPS) is 12.0. The number of rotatable bonds is 8. The Morgan fingerprint density at radius 1 is 1.21 bits per heavy atom. The van der Waals surface area contributed by atoms with Crippen molar-refractivity contribution in [2.75, 3.05) is 33.3 Å². The highest BCUT2D eigenvalue weighted by atomic mass is 19.1. The highest BCUT2D eigenvalue weighted by Crippen LogP contribution is 2.28. The quantitative estimate of drug-likeness (QED) is 0.533. The van der Waals surface area contributed by atoms with Gasteiger partial charge in [0.05, 0.1) is 43.0 Å². The van der Waals surface area contributed by atoms with Crippen LogP contribution >= 0.6 is 0 Å². The standard InChI is InChI=1S/C19H22FN5O4/c1-27-9-14(11-4-6-12(20)7-5-11)22-19(26)23-16-8-13-17(15(21-16)10-28-2)18(29-3)25-24-13/h4-8,14H,9-10H2,1-3H3,(H,24,25)(H2,21,22,23,26)/t14-/m1/s1. The van der Waals surface area contributed by atoms with Crippen molar-refractivity contribution in [3.05, 3.63) is 47.4 Å². The van der Waals surface area contributed by atoms with Gasteiger partial charge >= 0.3 is 6.03 Å². The molecule has 2 heterocycles. The van der Waals surface area contributed by atoms with E-state index in [-0.39, 0.29) is 19.0 Å². The number of halogens is 1. The number of hydrogen-bond acceptors (Lipinski definition) is 6. The Morgan fingerprint density at radius 2 is 1.97 bits per heavy atom. The summed E-state index contributed by atoms with van der Waals surface area (Å²) in [5.41, 5.74) is 1.93. The fourth-order valence-corrected chi connectivity index (χ4v) is 2.94. The number of carbonyl (C=O) groups is 1. The molecule has 0 unspecified atom stereocenters. The molecule has 29 heavy (non-hydrogen) atoms. The smallest absolute Gasteiger partial charge is 0.320 e. The van der Waals surface area contributed by atoms with Gasteiger partial charge in [0.2, 0.25) is 5.88 Å². The number of nitrogens with zero attached hydrogens (tertiary/aromatic N) is 2. The van der Waals surface area contributed by atoms with Gasteiger partial charge in [0.1, 0.15) is 11.6 Å². The number of fused-ring (bicyclic) bond motifs is 1. The zero-order chi connectivity index (χ0) is 20.8. The van der Waals surface area contributed by atoms with Gasteiger partial charge in [-0.1, -0.05) is 12.1 Å². The van der Waals surface area contributed by atoms with Crippen molar-refractivity contribution >= 4 is 22.8 Å². The zero-order valence-corrected chi connectivity index (χ0v) is 16.3. The summed E-state index contributed by atoms with van der Waals surface area (Å²) in [5.74, 6) is 0.350. The van der Waals surface area contributed by atoms with Crippen molar-refractivity contribution in [2.24, 2.45) is 0 Å². The Kier molecular flexibility index (Phi) is 6.57. The average Bonchev–Trinajstić information content (AvgIpc) is 3.12. The molecule has 3 N–H and O–H groups in total. The fraction of sp³-hybridized carbons (Fsp3) is 0.316. The second-order valence-electron chi connectivity index (χ2n) is 6.20. The van der Waals surface area contributed by atoms with Crippen molar-refractivity contribution in [2.45, 2.75) is 12.6 Å². The van der Waals surface area contributed by atoms with Crippen LogP contribution in [-0.2, 0) is 16.1 Å². The Morgan fingerprint density at radius 3 is 2.62 bits per heavy atom. The lowest BCUT2D eigenvalue weighted by Gasteiger charge is -2.19. The van der Waals surface area contributed by atoms with Gasteiger partial charge in [0, 0.05) is 20.3 Å². The summed E-state index contributed by atoms with van der Waals surface area (Å²) in [4.78, 5) is 17.0. The van der Waals surface area contributed by atoms with Crippen LogP contribution in [0.4, 0.5) is 15.0 Å². The van der Waals surface area contributed by atoms with Crippen LogP contribution in [0.1, 0.15) is 17.3 Å². The minimum absolute atomic E-state index is 0.214. The molecule has 0 fully saturated rings. The predicted octanol–water partition coefficient (Wildman–Crippen LogP) is 2.76. The highest BCUT2D eigenvalue weighted by molar-refractivity contribution is 5.93. The molecule has 0 saturated heterocycles. The van der Waals surface area contributed by atoms with Crippen LogP contribution in [0.2, 0.25) is 0 Å². The van der Waals surface area contributed by atoms with Gasteiger partial charge in [-0.15, -0.1) is 5.10 Å². The third kappa shape index (κ3) is 4.79. The van der Waals surface area contributed by atoms with Gasteiger partial charge in [-0.2, -0.15) is 0 Å². The number of amides is 2. The number of H-pyrrole nitrogens is 1. The van der Waals surface area contributed by atoms with E-state index in [1.165, 1.54) is 26.4 Å². The molecule has 154 valence electrons. The van der Waals surface area contributed by atoms with E-state index >= 15 is 0 Å². The molecule has 0 radical (unpaired) electrons. The monoisotopic (exact) mass is 403 g/mol. The average molecular weight is 403 g/mol. The Bertz CT molecular complexity index is 977. The van der Waals surface area contributed by atoms with Gasteiger partial charge in [-0.25, -0.2) is 14.2 Å². The molecule has 3 rings (SSSR count). The Balaban J connectivity index is 1.80. The molecule has 2 amide bonds. The van der Waals surface area contributed by atoms with Gasteiger partial charge in [-0.3, -0.25) is 10.4 Å². The van der Waals surface area contributed by atoms with Crippen molar-refractivity contribution in [1.29, 1.82) is 0 Å². The SMILES string of the molecule is COCc1nc(NC(=O)N[C@H](COC)c2ccc(F)cc2)cc2[nH]nc(OC)c12. The summed E-state index contributed by atoms with van der Waals surface area (Å²) in [6.45, 7) is 0.434. The van der Waals surface area contributed by atoms with Gasteiger partial charge in [-0.05, 0) is 17.7 Å². The molecule has 0 aliphatic heterocycles. The minimum atomic E-state index is -0.488. The molecule has 9 nitrogen and oxygen atoms in total. The number of hydrogen-bond donors (Lipinski definition) is 3. The van der Waals surface area contributed by atoms with E-state index in [2.05, 4.69) is 25.8 Å². The first kappa shape index (κ1) is 20.5. The number of anilines is 1. The lowest BCUT2D eigenvalue weighted by molar-refractivity contribution is 0.168. The highest BCUT2D eigenvalue weighted by Gasteiger charge is 2.18. The van der Waals surface area contributed by atoms with E-state index in [9.17, 15) is 9.18 Å². The van der Waals surface area contributed by atoms with Crippen molar-refractivity contribution in [1.82, 2.24) is 20.5 Å². The number of aromatic nitrogens is 3. The van der Waals surface area contributed by atoms with Gasteiger partial charge in [0.15, 0.2) is 0 Å². The molecule has 0 aliphatic carbocycles. The maximum absolute atomic E-state index is 13.2. The molecule has 0 bridgehead atoms. The number of benzene rings is 1. The third-order valence-corrected chi connectivity index (χ3v) is 4.21. The predicted molar refractivity (Wildman–Crippen MR) is 104 cm³/mol. The third-order valence-electron chi connectivity index (χ3n) is 4.21. The van der Waals surface area contributed by atoms with E-state index in [4.69, 9.17) is 14.2 Å². The molecule has 0 spiro atoms. The second-order valence-corrected chi connectivity index (χ2v) is 6.20. The van der Waals surface area contributed by atoms with Crippen LogP contribution in [0.5, 0.6) is 5.88 Å². The molecule has 3 aromatic rings. The van der Waals surface area contributed by atoms with Crippen LogP contribution in [0, 0.1) is 5.82 Å². The van der Waals surface area contributed by atoms with Crippen molar-refractivity contribution in [3.63, 3.8) is 0 Å². The first-order valence-corrected chi connectivity index (χ1v) is 8.78. The summed E-state index contributed by atoms with van der Waals surface area (Å²) < 4.78 is 28.8. The molecular formula is C19H22FN5O4. The molecule has 0 aliphatic rings. The Hall–Kier alpha value is -3.24. The number of nitrogens with one attached hydrogen (secondary N) is 3. The number of pyridine rings is 1. The summed E-state index contributed by atoms with van der Waals surface area (Å²) in [5, 5.41) is 13.1. The van der Waals surface area contributed by atoms with Gasteiger partial charge in [0.25, 0.3) is 0 Å². The van der Waals surface area contributed by atoms with Crippen molar-refractivity contribution in [3.8, 4) is 5.88 Å². The number of aromatic amines is 1. The van der Waals surface area contributed by atoms with Crippen molar-refractivity contribution < 1.29 is 23.4 Å². The molecule has 1 atom stereocenters. The topological polar surface area (TPSA) is 110 Å². The van der Waals surface area contributed by atoms with E-state index in [0.29, 0.717) is 33.9 Å². The van der Waals surface area contributed by atoms with Crippen LogP contribution in [-0.4, -0.2) is 49.1 Å². The summed E-state index contributed by atoms with van der Waals surface area (Å²) >= 11 is 0. The largest absolute Gasteiger partial charge is 0.479 e. The summed E-state index contributed by atoms with van der Waals surface area (Å²) in [6.07, 6.45) is 0. The van der Waals surface area contributed by atoms with Crippen LogP contribution in [0.3, 0.4) is 0 Å². The minimum Gasteiger partial charge on any atom is -0.479 e. The van der Waals surface area contributed by atoms with Gasteiger partial charge < -0.3 is 19.5 Å². The Labute approximate surface area is 166 Å². The zero-order valence-electron chi connectivity index (χ0n) is 16.3. The lowest BCUT2D eigenvalue weighted by Crippen LogP contribution is -2.35.